The number of amides is 1. The lowest BCUT2D eigenvalue weighted by Crippen LogP contribution is -2.55. The number of hydrogen-bond donors (Lipinski definition) is 4. The van der Waals surface area contributed by atoms with Gasteiger partial charge in [-0.25, -0.2) is 0 Å². The number of nitrogens with one attached hydrogen (secondary N) is 4. The van der Waals surface area contributed by atoms with E-state index in [-0.39, 0.29) is 24.7 Å². The molecule has 0 spiro atoms. The molecule has 0 radical (unpaired) electrons. The lowest BCUT2D eigenvalue weighted by Gasteiger charge is -2.32. The van der Waals surface area contributed by atoms with E-state index < -0.39 is 11.6 Å². The predicted octanol–water partition coefficient (Wildman–Crippen LogP) is 3.40. The van der Waals surface area contributed by atoms with E-state index in [1.54, 1.807) is 32.9 Å². The Morgan fingerprint density at radius 3 is 2.26 bits per heavy atom. The molecule has 2 aromatic carbocycles. The van der Waals surface area contributed by atoms with Gasteiger partial charge in [0.1, 0.15) is 30.8 Å². The molecule has 1 aliphatic rings. The van der Waals surface area contributed by atoms with E-state index in [2.05, 4.69) is 47.1 Å². The molecular formula is C30H45N5O4. The zero-order valence-corrected chi connectivity index (χ0v) is 24.2. The molecule has 1 amide bonds. The van der Waals surface area contributed by atoms with Crippen molar-refractivity contribution in [3.63, 3.8) is 0 Å². The third kappa shape index (κ3) is 10.9. The van der Waals surface area contributed by atoms with Crippen molar-refractivity contribution in [2.24, 2.45) is 5.92 Å². The molecule has 0 unspecified atom stereocenters. The molecule has 0 atom stereocenters. The standard InChI is InChI=1S/C30H45N5O4/c1-21(2)20-35(6)15-16-38-26-13-11-25(12-14-26)34-29-32-17-24(18-33-29)22-7-9-23(10-8-22)28(37)31-19-27(36)39-30(3,4)5/h7-14,21,24,29,32-34H,15-20H2,1-6H3,(H,31,37). The number of ether oxygens (including phenoxy) is 2. The van der Waals surface area contributed by atoms with Crippen LogP contribution in [0.1, 0.15) is 56.5 Å². The van der Waals surface area contributed by atoms with Gasteiger partial charge in [-0.05, 0) is 75.7 Å². The van der Waals surface area contributed by atoms with Gasteiger partial charge < -0.3 is 25.0 Å². The van der Waals surface area contributed by atoms with Gasteiger partial charge in [0.2, 0.25) is 0 Å². The minimum atomic E-state index is -0.580. The topological polar surface area (TPSA) is 104 Å². The van der Waals surface area contributed by atoms with Crippen LogP contribution in [-0.2, 0) is 9.53 Å². The van der Waals surface area contributed by atoms with E-state index in [0.29, 0.717) is 18.1 Å². The summed E-state index contributed by atoms with van der Waals surface area (Å²) in [5.74, 6) is 1.03. The van der Waals surface area contributed by atoms with E-state index >= 15 is 0 Å². The van der Waals surface area contributed by atoms with Crippen molar-refractivity contribution < 1.29 is 19.1 Å². The molecule has 214 valence electrons. The molecule has 3 rings (SSSR count). The fourth-order valence-corrected chi connectivity index (χ4v) is 4.39. The Kier molecular flexibility index (Phi) is 11.2. The molecular weight excluding hydrogens is 494 g/mol. The number of carbonyl (C=O) groups excluding carboxylic acids is 2. The van der Waals surface area contributed by atoms with Crippen molar-refractivity contribution in [2.75, 3.05) is 51.7 Å². The van der Waals surface area contributed by atoms with Crippen molar-refractivity contribution in [1.29, 1.82) is 0 Å². The van der Waals surface area contributed by atoms with Crippen molar-refractivity contribution in [3.8, 4) is 5.75 Å². The summed E-state index contributed by atoms with van der Waals surface area (Å²) < 4.78 is 11.1. The number of anilines is 1. The van der Waals surface area contributed by atoms with Crippen LogP contribution in [0.25, 0.3) is 0 Å². The van der Waals surface area contributed by atoms with Gasteiger partial charge in [0, 0.05) is 43.3 Å². The largest absolute Gasteiger partial charge is 0.492 e. The second-order valence-corrected chi connectivity index (χ2v) is 11.5. The maximum Gasteiger partial charge on any atom is 0.325 e. The lowest BCUT2D eigenvalue weighted by molar-refractivity contribution is -0.153. The summed E-state index contributed by atoms with van der Waals surface area (Å²) in [7, 11) is 2.12. The van der Waals surface area contributed by atoms with Crippen molar-refractivity contribution in [3.05, 3.63) is 59.7 Å². The Bertz CT molecular complexity index is 1040. The van der Waals surface area contributed by atoms with E-state index in [1.807, 2.05) is 36.4 Å². The van der Waals surface area contributed by atoms with Gasteiger partial charge in [-0.15, -0.1) is 0 Å². The fourth-order valence-electron chi connectivity index (χ4n) is 4.39. The number of esters is 1. The molecule has 4 N–H and O–H groups in total. The number of nitrogens with zero attached hydrogens (tertiary/aromatic N) is 1. The van der Waals surface area contributed by atoms with Crippen molar-refractivity contribution in [1.82, 2.24) is 20.9 Å². The highest BCUT2D eigenvalue weighted by molar-refractivity contribution is 5.95. The summed E-state index contributed by atoms with van der Waals surface area (Å²) in [5, 5.41) is 13.1. The smallest absolute Gasteiger partial charge is 0.325 e. The Balaban J connectivity index is 1.38. The number of benzene rings is 2. The van der Waals surface area contributed by atoms with Gasteiger partial charge in [-0.3, -0.25) is 20.2 Å². The molecule has 1 heterocycles. The summed E-state index contributed by atoms with van der Waals surface area (Å²) >= 11 is 0. The predicted molar refractivity (Wildman–Crippen MR) is 155 cm³/mol. The second kappa shape index (κ2) is 14.3. The average molecular weight is 540 g/mol. The highest BCUT2D eigenvalue weighted by Crippen LogP contribution is 2.20. The van der Waals surface area contributed by atoms with Gasteiger partial charge in [0.15, 0.2) is 0 Å². The SMILES string of the molecule is CC(C)CN(C)CCOc1ccc(NC2NCC(c3ccc(C(=O)NCC(=O)OC(C)(C)C)cc3)CN2)cc1. The van der Waals surface area contributed by atoms with E-state index in [4.69, 9.17) is 9.47 Å². The summed E-state index contributed by atoms with van der Waals surface area (Å²) in [4.78, 5) is 26.5. The van der Waals surface area contributed by atoms with Gasteiger partial charge in [0.05, 0.1) is 0 Å². The van der Waals surface area contributed by atoms with Gasteiger partial charge >= 0.3 is 5.97 Å². The number of likely N-dealkylation sites (N-methyl/N-ethyl adjacent to an activating group) is 1. The molecule has 1 aliphatic heterocycles. The van der Waals surface area contributed by atoms with Crippen LogP contribution in [0.2, 0.25) is 0 Å². The minimum absolute atomic E-state index is 0.0457. The second-order valence-electron chi connectivity index (χ2n) is 11.5. The lowest BCUT2D eigenvalue weighted by atomic mass is 9.96. The Labute approximate surface area is 233 Å². The summed E-state index contributed by atoms with van der Waals surface area (Å²) in [5.41, 5.74) is 2.07. The van der Waals surface area contributed by atoms with Crippen LogP contribution in [0.3, 0.4) is 0 Å². The Morgan fingerprint density at radius 2 is 1.67 bits per heavy atom. The third-order valence-electron chi connectivity index (χ3n) is 6.18. The first-order valence-corrected chi connectivity index (χ1v) is 13.7. The zero-order valence-electron chi connectivity index (χ0n) is 24.2. The average Bonchev–Trinajstić information content (AvgIpc) is 2.87. The quantitative estimate of drug-likeness (QED) is 0.305. The molecule has 9 nitrogen and oxygen atoms in total. The fraction of sp³-hybridized carbons (Fsp3) is 0.533. The van der Waals surface area contributed by atoms with Crippen LogP contribution in [0, 0.1) is 5.92 Å². The number of hydrogen-bond acceptors (Lipinski definition) is 8. The zero-order chi connectivity index (χ0) is 28.4. The molecule has 9 heteroatoms. The minimum Gasteiger partial charge on any atom is -0.492 e. The van der Waals surface area contributed by atoms with Gasteiger partial charge in [-0.1, -0.05) is 26.0 Å². The van der Waals surface area contributed by atoms with Crippen LogP contribution >= 0.6 is 0 Å². The number of rotatable bonds is 12. The van der Waals surface area contributed by atoms with Crippen molar-refractivity contribution in [2.45, 2.75) is 52.4 Å². The summed E-state index contributed by atoms with van der Waals surface area (Å²) in [6.07, 6.45) is -0.0457. The first-order chi connectivity index (χ1) is 18.5. The molecule has 1 fully saturated rings. The molecule has 0 aromatic heterocycles. The number of carbonyl (C=O) groups is 2. The highest BCUT2D eigenvalue weighted by Gasteiger charge is 2.22. The maximum absolute atomic E-state index is 12.4. The molecule has 0 saturated carbocycles. The van der Waals surface area contributed by atoms with E-state index in [9.17, 15) is 9.59 Å². The van der Waals surface area contributed by atoms with Crippen LogP contribution < -0.4 is 26.0 Å². The molecule has 1 saturated heterocycles. The molecule has 0 bridgehead atoms. The molecule has 2 aromatic rings. The van der Waals surface area contributed by atoms with Crippen LogP contribution in [-0.4, -0.2) is 75.0 Å². The summed E-state index contributed by atoms with van der Waals surface area (Å²) in [6.45, 7) is 13.9. The normalized spacial score (nSPS) is 17.6. The van der Waals surface area contributed by atoms with Crippen LogP contribution in [0.4, 0.5) is 5.69 Å². The van der Waals surface area contributed by atoms with Gasteiger partial charge in [-0.2, -0.15) is 0 Å². The third-order valence-corrected chi connectivity index (χ3v) is 6.18. The van der Waals surface area contributed by atoms with Gasteiger partial charge in [0.25, 0.3) is 5.91 Å². The summed E-state index contributed by atoms with van der Waals surface area (Å²) in [6, 6.07) is 15.5. The first-order valence-electron chi connectivity index (χ1n) is 13.7. The Hall–Kier alpha value is -3.14. The molecule has 0 aliphatic carbocycles. The van der Waals surface area contributed by atoms with Crippen LogP contribution in [0.5, 0.6) is 5.75 Å². The molecule has 39 heavy (non-hydrogen) atoms. The van der Waals surface area contributed by atoms with E-state index in [0.717, 1.165) is 43.2 Å². The first kappa shape index (κ1) is 30.4. The maximum atomic E-state index is 12.4. The van der Waals surface area contributed by atoms with Crippen molar-refractivity contribution >= 4 is 17.6 Å². The highest BCUT2D eigenvalue weighted by atomic mass is 16.6. The Morgan fingerprint density at radius 1 is 1.03 bits per heavy atom. The van der Waals surface area contributed by atoms with E-state index in [1.165, 1.54) is 0 Å². The monoisotopic (exact) mass is 539 g/mol. The van der Waals surface area contributed by atoms with Crippen LogP contribution in [0.15, 0.2) is 48.5 Å².